The quantitative estimate of drug-likeness (QED) is 0.807. The summed E-state index contributed by atoms with van der Waals surface area (Å²) in [7, 11) is 0. The molecule has 0 fully saturated rings. The Hall–Kier alpha value is -2.11. The summed E-state index contributed by atoms with van der Waals surface area (Å²) in [5.74, 6) is 2.75. The van der Waals surface area contributed by atoms with Gasteiger partial charge in [-0.05, 0) is 29.7 Å². The molecule has 0 bridgehead atoms. The second kappa shape index (κ2) is 7.47. The highest BCUT2D eigenvalue weighted by molar-refractivity contribution is 5.30. The third-order valence-corrected chi connectivity index (χ3v) is 3.43. The Balaban J connectivity index is 2.28. The molecule has 1 heterocycles. The average Bonchev–Trinajstić information content (AvgIpc) is 2.53. The van der Waals surface area contributed by atoms with E-state index in [0.717, 1.165) is 12.8 Å². The van der Waals surface area contributed by atoms with Crippen molar-refractivity contribution in [2.45, 2.75) is 31.8 Å². The lowest BCUT2D eigenvalue weighted by Crippen LogP contribution is -2.32. The zero-order valence-electron chi connectivity index (χ0n) is 11.8. The van der Waals surface area contributed by atoms with E-state index in [1.165, 1.54) is 11.1 Å². The molecule has 1 aromatic carbocycles. The van der Waals surface area contributed by atoms with Crippen molar-refractivity contribution in [3.8, 4) is 12.3 Å². The molecule has 2 atom stereocenters. The maximum Gasteiger partial charge on any atom is 0.0580 e. The number of hydrogen-bond donors (Lipinski definition) is 1. The minimum atomic E-state index is 0.150. The lowest BCUT2D eigenvalue weighted by atomic mass is 9.97. The van der Waals surface area contributed by atoms with Crippen molar-refractivity contribution in [3.63, 3.8) is 0 Å². The highest BCUT2D eigenvalue weighted by Crippen LogP contribution is 2.22. The molecule has 0 aliphatic carbocycles. The van der Waals surface area contributed by atoms with Crippen LogP contribution >= 0.6 is 0 Å². The molecule has 0 spiro atoms. The Labute approximate surface area is 121 Å². The summed E-state index contributed by atoms with van der Waals surface area (Å²) in [4.78, 5) is 4.10. The zero-order chi connectivity index (χ0) is 14.2. The summed E-state index contributed by atoms with van der Waals surface area (Å²) < 4.78 is 0. The minimum Gasteiger partial charge on any atom is -0.303 e. The molecule has 1 aromatic heterocycles. The SMILES string of the molecule is C#CCC(CC)NC(c1ccccc1)c1ccncc1. The first kappa shape index (κ1) is 14.3. The molecule has 0 aliphatic heterocycles. The Morgan fingerprint density at radius 2 is 1.75 bits per heavy atom. The Morgan fingerprint density at radius 1 is 1.10 bits per heavy atom. The van der Waals surface area contributed by atoms with Crippen LogP contribution in [0.3, 0.4) is 0 Å². The lowest BCUT2D eigenvalue weighted by molar-refractivity contribution is 0.465. The molecule has 2 nitrogen and oxygen atoms in total. The number of terminal acetylenes is 1. The molecular formula is C18H20N2. The van der Waals surface area contributed by atoms with E-state index in [4.69, 9.17) is 6.42 Å². The third kappa shape index (κ3) is 3.69. The summed E-state index contributed by atoms with van der Waals surface area (Å²) >= 11 is 0. The number of hydrogen-bond acceptors (Lipinski definition) is 2. The number of rotatable bonds is 6. The van der Waals surface area contributed by atoms with E-state index in [9.17, 15) is 0 Å². The maximum atomic E-state index is 5.46. The molecule has 0 saturated heterocycles. The van der Waals surface area contributed by atoms with Crippen LogP contribution in [-0.4, -0.2) is 11.0 Å². The fraction of sp³-hybridized carbons (Fsp3) is 0.278. The number of nitrogens with zero attached hydrogens (tertiary/aromatic N) is 1. The molecule has 102 valence electrons. The van der Waals surface area contributed by atoms with Gasteiger partial charge < -0.3 is 5.32 Å². The molecule has 0 amide bonds. The van der Waals surface area contributed by atoms with Crippen LogP contribution in [-0.2, 0) is 0 Å². The van der Waals surface area contributed by atoms with Gasteiger partial charge in [0.05, 0.1) is 6.04 Å². The monoisotopic (exact) mass is 264 g/mol. The van der Waals surface area contributed by atoms with Crippen molar-refractivity contribution in [1.82, 2.24) is 10.3 Å². The first-order valence-corrected chi connectivity index (χ1v) is 6.99. The van der Waals surface area contributed by atoms with E-state index in [1.54, 1.807) is 0 Å². The predicted octanol–water partition coefficient (Wildman–Crippen LogP) is 3.56. The fourth-order valence-electron chi connectivity index (χ4n) is 2.29. The first-order valence-electron chi connectivity index (χ1n) is 6.99. The predicted molar refractivity (Wildman–Crippen MR) is 83.2 cm³/mol. The van der Waals surface area contributed by atoms with Gasteiger partial charge >= 0.3 is 0 Å². The van der Waals surface area contributed by atoms with Crippen molar-refractivity contribution in [2.24, 2.45) is 0 Å². The van der Waals surface area contributed by atoms with Crippen LogP contribution in [0.5, 0.6) is 0 Å². The van der Waals surface area contributed by atoms with Gasteiger partial charge in [0, 0.05) is 24.9 Å². The molecule has 0 saturated carbocycles. The average molecular weight is 264 g/mol. The number of aromatic nitrogens is 1. The van der Waals surface area contributed by atoms with Crippen LogP contribution in [0.1, 0.15) is 36.9 Å². The van der Waals surface area contributed by atoms with Gasteiger partial charge in [-0.3, -0.25) is 4.98 Å². The van der Waals surface area contributed by atoms with Gasteiger partial charge in [0.25, 0.3) is 0 Å². The van der Waals surface area contributed by atoms with E-state index in [1.807, 2.05) is 30.6 Å². The molecule has 20 heavy (non-hydrogen) atoms. The van der Waals surface area contributed by atoms with Gasteiger partial charge in [0.2, 0.25) is 0 Å². The minimum absolute atomic E-state index is 0.150. The summed E-state index contributed by atoms with van der Waals surface area (Å²) in [6.45, 7) is 2.16. The molecule has 1 N–H and O–H groups in total. The number of pyridine rings is 1. The summed E-state index contributed by atoms with van der Waals surface area (Å²) in [6, 6.07) is 15.0. The molecule has 2 rings (SSSR count). The standard InChI is InChI=1S/C18H20N2/c1-3-8-17(4-2)20-18(15-9-6-5-7-10-15)16-11-13-19-14-12-16/h1,5-7,9-14,17-18,20H,4,8H2,2H3. The molecular weight excluding hydrogens is 244 g/mol. The van der Waals surface area contributed by atoms with Crippen LogP contribution in [0.2, 0.25) is 0 Å². The lowest BCUT2D eigenvalue weighted by Gasteiger charge is -2.25. The zero-order valence-corrected chi connectivity index (χ0v) is 11.8. The first-order chi connectivity index (χ1) is 9.85. The molecule has 2 aromatic rings. The molecule has 2 unspecified atom stereocenters. The van der Waals surface area contributed by atoms with Crippen molar-refractivity contribution < 1.29 is 0 Å². The van der Waals surface area contributed by atoms with Gasteiger partial charge in [0.15, 0.2) is 0 Å². The number of nitrogens with one attached hydrogen (secondary N) is 1. The van der Waals surface area contributed by atoms with E-state index in [-0.39, 0.29) is 6.04 Å². The van der Waals surface area contributed by atoms with Crippen molar-refractivity contribution in [3.05, 3.63) is 66.0 Å². The van der Waals surface area contributed by atoms with Crippen LogP contribution < -0.4 is 5.32 Å². The van der Waals surface area contributed by atoms with Crippen molar-refractivity contribution >= 4 is 0 Å². The maximum absolute atomic E-state index is 5.46. The highest BCUT2D eigenvalue weighted by Gasteiger charge is 2.17. The Morgan fingerprint density at radius 3 is 2.35 bits per heavy atom. The second-order valence-electron chi connectivity index (χ2n) is 4.80. The number of benzene rings is 1. The van der Waals surface area contributed by atoms with Crippen molar-refractivity contribution in [2.75, 3.05) is 0 Å². The van der Waals surface area contributed by atoms with Crippen LogP contribution in [0.25, 0.3) is 0 Å². The van der Waals surface area contributed by atoms with Gasteiger partial charge in [-0.2, -0.15) is 0 Å². The van der Waals surface area contributed by atoms with Gasteiger partial charge in [-0.15, -0.1) is 12.3 Å². The van der Waals surface area contributed by atoms with E-state index >= 15 is 0 Å². The van der Waals surface area contributed by atoms with Crippen LogP contribution in [0.4, 0.5) is 0 Å². The second-order valence-corrected chi connectivity index (χ2v) is 4.80. The topological polar surface area (TPSA) is 24.9 Å². The summed E-state index contributed by atoms with van der Waals surface area (Å²) in [5.41, 5.74) is 2.45. The van der Waals surface area contributed by atoms with Gasteiger partial charge in [-0.1, -0.05) is 37.3 Å². The highest BCUT2D eigenvalue weighted by atomic mass is 14.9. The van der Waals surface area contributed by atoms with E-state index in [0.29, 0.717) is 6.04 Å². The summed E-state index contributed by atoms with van der Waals surface area (Å²) in [6.07, 6.45) is 10.9. The van der Waals surface area contributed by atoms with Gasteiger partial charge in [0.1, 0.15) is 0 Å². The normalized spacial score (nSPS) is 13.4. The Bertz CT molecular complexity index is 503. The Kier molecular flexibility index (Phi) is 5.34. The van der Waals surface area contributed by atoms with Gasteiger partial charge in [-0.25, -0.2) is 0 Å². The molecule has 2 heteroatoms. The fourth-order valence-corrected chi connectivity index (χ4v) is 2.29. The van der Waals surface area contributed by atoms with E-state index in [2.05, 4.69) is 47.4 Å². The molecule has 0 radical (unpaired) electrons. The van der Waals surface area contributed by atoms with Crippen molar-refractivity contribution in [1.29, 1.82) is 0 Å². The third-order valence-electron chi connectivity index (χ3n) is 3.43. The van der Waals surface area contributed by atoms with E-state index < -0.39 is 0 Å². The summed E-state index contributed by atoms with van der Waals surface area (Å²) in [5, 5.41) is 3.67. The molecule has 0 aliphatic rings. The smallest absolute Gasteiger partial charge is 0.0580 e. The van der Waals surface area contributed by atoms with Crippen LogP contribution in [0, 0.1) is 12.3 Å². The largest absolute Gasteiger partial charge is 0.303 e. The van der Waals surface area contributed by atoms with Crippen LogP contribution in [0.15, 0.2) is 54.9 Å².